The van der Waals surface area contributed by atoms with E-state index in [0.29, 0.717) is 30.8 Å². The predicted octanol–water partition coefficient (Wildman–Crippen LogP) is 1.26. The van der Waals surface area contributed by atoms with E-state index in [-0.39, 0.29) is 30.2 Å². The van der Waals surface area contributed by atoms with Gasteiger partial charge in [-0.25, -0.2) is 0 Å². The van der Waals surface area contributed by atoms with Crippen LogP contribution in [-0.2, 0) is 16.1 Å². The quantitative estimate of drug-likeness (QED) is 0.770. The summed E-state index contributed by atoms with van der Waals surface area (Å²) in [4.78, 5) is 39.1. The Morgan fingerprint density at radius 1 is 1.22 bits per heavy atom. The number of nitrogens with zero attached hydrogens (tertiary/aromatic N) is 3. The molecule has 2 aromatic heterocycles. The molecule has 0 radical (unpaired) electrons. The lowest BCUT2D eigenvalue weighted by Crippen LogP contribution is -2.48. The van der Waals surface area contributed by atoms with E-state index in [2.05, 4.69) is 16.0 Å². The minimum Gasteiger partial charge on any atom is -0.338 e. The molecule has 0 unspecified atom stereocenters. The van der Waals surface area contributed by atoms with Crippen LogP contribution in [0, 0.1) is 19.8 Å². The molecule has 0 aromatic carbocycles. The van der Waals surface area contributed by atoms with Crippen LogP contribution in [-0.4, -0.2) is 45.5 Å². The van der Waals surface area contributed by atoms with Gasteiger partial charge >= 0.3 is 0 Å². The van der Waals surface area contributed by atoms with Gasteiger partial charge in [0, 0.05) is 24.7 Å². The topological polar surface area (TPSA) is 96.3 Å². The molecular weight excluding hydrogens is 366 g/mol. The van der Waals surface area contributed by atoms with E-state index in [1.54, 1.807) is 9.58 Å². The zero-order chi connectivity index (χ0) is 19.4. The number of carbonyl (C=O) groups is 3. The van der Waals surface area contributed by atoms with Crippen molar-refractivity contribution in [3.8, 4) is 0 Å². The van der Waals surface area contributed by atoms with Gasteiger partial charge in [0.25, 0.3) is 11.8 Å². The zero-order valence-electron chi connectivity index (χ0n) is 15.4. The third-order valence-electron chi connectivity index (χ3n) is 4.61. The number of carbonyl (C=O) groups excluding carboxylic acids is 3. The summed E-state index contributed by atoms with van der Waals surface area (Å²) in [6.45, 7) is 4.85. The second-order valence-electron chi connectivity index (χ2n) is 6.67. The number of piperidine rings is 1. The molecule has 1 fully saturated rings. The molecule has 8 nitrogen and oxygen atoms in total. The molecule has 1 aliphatic heterocycles. The van der Waals surface area contributed by atoms with Gasteiger partial charge in [0.05, 0.1) is 10.6 Å². The van der Waals surface area contributed by atoms with E-state index < -0.39 is 0 Å². The Hall–Kier alpha value is -2.68. The van der Waals surface area contributed by atoms with Crippen molar-refractivity contribution in [2.75, 3.05) is 13.1 Å². The van der Waals surface area contributed by atoms with Gasteiger partial charge in [-0.05, 0) is 44.2 Å². The number of nitrogens with one attached hydrogen (secondary N) is 2. The van der Waals surface area contributed by atoms with Crippen molar-refractivity contribution in [3.05, 3.63) is 39.8 Å². The van der Waals surface area contributed by atoms with Crippen LogP contribution in [0.5, 0.6) is 0 Å². The van der Waals surface area contributed by atoms with Gasteiger partial charge < -0.3 is 4.90 Å². The first-order chi connectivity index (χ1) is 12.9. The summed E-state index contributed by atoms with van der Waals surface area (Å²) in [6, 6.07) is 5.55. The molecule has 0 atom stereocenters. The van der Waals surface area contributed by atoms with E-state index in [4.69, 9.17) is 0 Å². The van der Waals surface area contributed by atoms with Crippen LogP contribution >= 0.6 is 11.3 Å². The first-order valence-corrected chi connectivity index (χ1v) is 9.74. The fraction of sp³-hybridized carbons (Fsp3) is 0.444. The summed E-state index contributed by atoms with van der Waals surface area (Å²) in [7, 11) is 0. The molecule has 0 bridgehead atoms. The van der Waals surface area contributed by atoms with Crippen molar-refractivity contribution < 1.29 is 14.4 Å². The number of hydrogen-bond donors (Lipinski definition) is 2. The average Bonchev–Trinajstić information content (AvgIpc) is 3.29. The normalized spacial score (nSPS) is 14.8. The zero-order valence-corrected chi connectivity index (χ0v) is 16.2. The maximum absolute atomic E-state index is 12.3. The Balaban J connectivity index is 1.42. The van der Waals surface area contributed by atoms with Gasteiger partial charge in [-0.15, -0.1) is 11.3 Å². The highest BCUT2D eigenvalue weighted by molar-refractivity contribution is 7.12. The number of likely N-dealkylation sites (tertiary alicyclic amines) is 1. The Bertz CT molecular complexity index is 822. The molecule has 3 amide bonds. The SMILES string of the molecule is Cc1cc(C)n(CC(=O)NNC(=O)C2CCN(C(=O)c3cccs3)CC2)n1. The lowest BCUT2D eigenvalue weighted by Gasteiger charge is -2.31. The first-order valence-electron chi connectivity index (χ1n) is 8.86. The van der Waals surface area contributed by atoms with Crippen LogP contribution in [0.4, 0.5) is 0 Å². The minimum atomic E-state index is -0.333. The molecule has 27 heavy (non-hydrogen) atoms. The van der Waals surface area contributed by atoms with Crippen LogP contribution < -0.4 is 10.9 Å². The van der Waals surface area contributed by atoms with Gasteiger partial charge in [-0.1, -0.05) is 6.07 Å². The number of rotatable bonds is 4. The van der Waals surface area contributed by atoms with Gasteiger partial charge in [-0.2, -0.15) is 5.10 Å². The van der Waals surface area contributed by atoms with Gasteiger partial charge in [0.1, 0.15) is 6.54 Å². The van der Waals surface area contributed by atoms with Crippen molar-refractivity contribution in [1.82, 2.24) is 25.5 Å². The predicted molar refractivity (Wildman–Crippen MR) is 101 cm³/mol. The molecule has 3 heterocycles. The summed E-state index contributed by atoms with van der Waals surface area (Å²) in [5.41, 5.74) is 6.66. The molecule has 144 valence electrons. The van der Waals surface area contributed by atoms with Crippen LogP contribution in [0.15, 0.2) is 23.6 Å². The molecule has 1 saturated heterocycles. The summed E-state index contributed by atoms with van der Waals surface area (Å²) < 4.78 is 1.59. The second kappa shape index (κ2) is 8.34. The Morgan fingerprint density at radius 3 is 2.56 bits per heavy atom. The number of amides is 3. The van der Waals surface area contributed by atoms with E-state index in [1.807, 2.05) is 37.4 Å². The Kier molecular flexibility index (Phi) is 5.90. The maximum Gasteiger partial charge on any atom is 0.263 e. The van der Waals surface area contributed by atoms with Crippen molar-refractivity contribution >= 4 is 29.1 Å². The van der Waals surface area contributed by atoms with Crippen molar-refractivity contribution in [3.63, 3.8) is 0 Å². The molecule has 0 aliphatic carbocycles. The number of hydrazine groups is 1. The van der Waals surface area contributed by atoms with Crippen molar-refractivity contribution in [1.29, 1.82) is 0 Å². The Morgan fingerprint density at radius 2 is 1.96 bits per heavy atom. The number of aromatic nitrogens is 2. The number of aryl methyl sites for hydroxylation is 2. The molecule has 9 heteroatoms. The molecule has 0 saturated carbocycles. The largest absolute Gasteiger partial charge is 0.338 e. The van der Waals surface area contributed by atoms with Gasteiger partial charge in [0.15, 0.2) is 0 Å². The van der Waals surface area contributed by atoms with E-state index in [9.17, 15) is 14.4 Å². The van der Waals surface area contributed by atoms with E-state index in [1.165, 1.54) is 11.3 Å². The number of thiophene rings is 1. The lowest BCUT2D eigenvalue weighted by molar-refractivity contribution is -0.132. The fourth-order valence-electron chi connectivity index (χ4n) is 3.14. The highest BCUT2D eigenvalue weighted by Gasteiger charge is 2.28. The molecule has 2 aromatic rings. The summed E-state index contributed by atoms with van der Waals surface area (Å²) in [5.74, 6) is -0.756. The lowest BCUT2D eigenvalue weighted by atomic mass is 9.96. The summed E-state index contributed by atoms with van der Waals surface area (Å²) in [5, 5.41) is 6.10. The standard InChI is InChI=1S/C18H23N5O3S/c1-12-10-13(2)23(21-12)11-16(24)19-20-17(25)14-5-7-22(8-6-14)18(26)15-4-3-9-27-15/h3-4,9-10,14H,5-8,11H2,1-2H3,(H,19,24)(H,20,25). The van der Waals surface area contributed by atoms with E-state index >= 15 is 0 Å². The highest BCUT2D eigenvalue weighted by atomic mass is 32.1. The van der Waals surface area contributed by atoms with Crippen molar-refractivity contribution in [2.24, 2.45) is 5.92 Å². The smallest absolute Gasteiger partial charge is 0.263 e. The summed E-state index contributed by atoms with van der Waals surface area (Å²) in [6.07, 6.45) is 1.16. The fourth-order valence-corrected chi connectivity index (χ4v) is 3.84. The van der Waals surface area contributed by atoms with Gasteiger partial charge in [0.2, 0.25) is 5.91 Å². The first kappa shape index (κ1) is 19.1. The maximum atomic E-state index is 12.3. The number of hydrogen-bond acceptors (Lipinski definition) is 5. The molecular formula is C18H23N5O3S. The molecule has 2 N–H and O–H groups in total. The van der Waals surface area contributed by atoms with Crippen LogP contribution in [0.25, 0.3) is 0 Å². The van der Waals surface area contributed by atoms with Crippen LogP contribution in [0.3, 0.4) is 0 Å². The minimum absolute atomic E-state index is 0.0158. The second-order valence-corrected chi connectivity index (χ2v) is 7.61. The molecule has 1 aliphatic rings. The summed E-state index contributed by atoms with van der Waals surface area (Å²) >= 11 is 1.42. The van der Waals surface area contributed by atoms with E-state index in [0.717, 1.165) is 11.4 Å². The molecule has 3 rings (SSSR count). The third kappa shape index (κ3) is 4.73. The Labute approximate surface area is 161 Å². The third-order valence-corrected chi connectivity index (χ3v) is 5.46. The average molecular weight is 389 g/mol. The highest BCUT2D eigenvalue weighted by Crippen LogP contribution is 2.20. The van der Waals surface area contributed by atoms with Crippen molar-refractivity contribution in [2.45, 2.75) is 33.2 Å². The van der Waals surface area contributed by atoms with Gasteiger partial charge in [-0.3, -0.25) is 29.9 Å². The van der Waals surface area contributed by atoms with Crippen LogP contribution in [0.1, 0.15) is 33.9 Å². The van der Waals surface area contributed by atoms with Crippen LogP contribution in [0.2, 0.25) is 0 Å². The monoisotopic (exact) mass is 389 g/mol. The molecule has 0 spiro atoms.